The lowest BCUT2D eigenvalue weighted by Crippen LogP contribution is -2.45. The summed E-state index contributed by atoms with van der Waals surface area (Å²) in [6.45, 7) is 13.3. The third-order valence-corrected chi connectivity index (χ3v) is 6.74. The summed E-state index contributed by atoms with van der Waals surface area (Å²) in [5, 5.41) is 4.27. The van der Waals surface area contributed by atoms with Crippen molar-refractivity contribution >= 4 is 17.0 Å². The number of piperazine rings is 1. The van der Waals surface area contributed by atoms with Crippen LogP contribution in [0.3, 0.4) is 0 Å². The largest absolute Gasteiger partial charge is 0.375 e. The second-order valence-corrected chi connectivity index (χ2v) is 8.90. The lowest BCUT2D eigenvalue weighted by atomic mass is 9.98. The molecule has 0 spiro atoms. The van der Waals surface area contributed by atoms with E-state index in [1.165, 1.54) is 11.1 Å². The van der Waals surface area contributed by atoms with Gasteiger partial charge in [0.2, 0.25) is 5.95 Å². The normalized spacial score (nSPS) is 16.8. The van der Waals surface area contributed by atoms with E-state index in [4.69, 9.17) is 0 Å². The van der Waals surface area contributed by atoms with Crippen molar-refractivity contribution in [3.05, 3.63) is 76.4 Å². The van der Waals surface area contributed by atoms with Gasteiger partial charge in [0.05, 0.1) is 6.04 Å². The molecular weight excluding hydrogens is 424 g/mol. The molecule has 2 aromatic heterocycles. The Kier molecular flexibility index (Phi) is 7.63. The van der Waals surface area contributed by atoms with E-state index < -0.39 is 0 Å². The third kappa shape index (κ3) is 5.14. The number of aromatic nitrogens is 3. The standard InChI is InChI=1S/C27H36N6O/c1-5-14-31-15-17-32(18-16-31)24(6-2)22-10-8-21(9-11-22)20(4)29-27-28-19-23-12-13-25(34)33(7-3)26(23)30-27/h5,8-14,19-20,24H,6-7,15-18H2,1-4H3,(H,28,29,30). The van der Waals surface area contributed by atoms with Gasteiger partial charge in [-0.25, -0.2) is 4.98 Å². The van der Waals surface area contributed by atoms with E-state index >= 15 is 0 Å². The molecule has 7 heteroatoms. The number of aryl methyl sites for hydroxylation is 1. The molecule has 2 unspecified atom stereocenters. The molecule has 1 aliphatic rings. The molecule has 2 atom stereocenters. The van der Waals surface area contributed by atoms with Gasteiger partial charge in [-0.1, -0.05) is 37.3 Å². The molecule has 3 aromatic rings. The van der Waals surface area contributed by atoms with Crippen LogP contribution in [-0.4, -0.2) is 50.5 Å². The van der Waals surface area contributed by atoms with E-state index in [1.54, 1.807) is 22.9 Å². The van der Waals surface area contributed by atoms with Crippen LogP contribution in [0, 0.1) is 0 Å². The predicted molar refractivity (Wildman–Crippen MR) is 139 cm³/mol. The molecule has 3 heterocycles. The van der Waals surface area contributed by atoms with Crippen molar-refractivity contribution in [2.24, 2.45) is 0 Å². The van der Waals surface area contributed by atoms with Gasteiger partial charge in [0.25, 0.3) is 5.56 Å². The smallest absolute Gasteiger partial charge is 0.252 e. The zero-order valence-corrected chi connectivity index (χ0v) is 20.7. The fraction of sp³-hybridized carbons (Fsp3) is 0.444. The number of benzene rings is 1. The first kappa shape index (κ1) is 24.0. The third-order valence-electron chi connectivity index (χ3n) is 6.74. The Balaban J connectivity index is 1.46. The zero-order chi connectivity index (χ0) is 24.1. The number of hydrogen-bond donors (Lipinski definition) is 1. The van der Waals surface area contributed by atoms with Crippen molar-refractivity contribution in [2.45, 2.75) is 52.7 Å². The Labute approximate surface area is 202 Å². The molecule has 7 nitrogen and oxygen atoms in total. The van der Waals surface area contributed by atoms with E-state index in [-0.39, 0.29) is 11.6 Å². The molecule has 0 radical (unpaired) electrons. The van der Waals surface area contributed by atoms with E-state index in [1.807, 2.05) is 6.92 Å². The Morgan fingerprint density at radius 1 is 1.03 bits per heavy atom. The van der Waals surface area contributed by atoms with E-state index in [9.17, 15) is 4.79 Å². The first-order valence-corrected chi connectivity index (χ1v) is 12.4. The van der Waals surface area contributed by atoms with Crippen LogP contribution in [0.2, 0.25) is 0 Å². The topological polar surface area (TPSA) is 66.3 Å². The average molecular weight is 461 g/mol. The Hall–Kier alpha value is -3.19. The maximum Gasteiger partial charge on any atom is 0.252 e. The highest BCUT2D eigenvalue weighted by Crippen LogP contribution is 2.27. The predicted octanol–water partition coefficient (Wildman–Crippen LogP) is 4.59. The van der Waals surface area contributed by atoms with Gasteiger partial charge in [-0.3, -0.25) is 14.3 Å². The summed E-state index contributed by atoms with van der Waals surface area (Å²) in [7, 11) is 0. The molecule has 1 saturated heterocycles. The van der Waals surface area contributed by atoms with Crippen LogP contribution >= 0.6 is 0 Å². The van der Waals surface area contributed by atoms with Crippen molar-refractivity contribution in [1.82, 2.24) is 24.3 Å². The lowest BCUT2D eigenvalue weighted by Gasteiger charge is -2.39. The molecule has 4 rings (SSSR count). The Bertz CT molecular complexity index is 1180. The number of rotatable bonds is 8. The number of fused-ring (bicyclic) bond motifs is 1. The van der Waals surface area contributed by atoms with E-state index in [0.717, 1.165) is 38.0 Å². The molecule has 1 aliphatic heterocycles. The first-order chi connectivity index (χ1) is 16.5. The molecule has 0 saturated carbocycles. The maximum absolute atomic E-state index is 12.2. The van der Waals surface area contributed by atoms with Crippen molar-refractivity contribution in [3.63, 3.8) is 0 Å². The minimum atomic E-state index is -0.0444. The van der Waals surface area contributed by atoms with Crippen LogP contribution in [0.4, 0.5) is 5.95 Å². The van der Waals surface area contributed by atoms with Gasteiger partial charge in [-0.05, 0) is 50.6 Å². The summed E-state index contributed by atoms with van der Waals surface area (Å²) in [6, 6.07) is 12.8. The van der Waals surface area contributed by atoms with Crippen LogP contribution in [0.25, 0.3) is 11.0 Å². The molecular formula is C27H36N6O. The summed E-state index contributed by atoms with van der Waals surface area (Å²) in [5.41, 5.74) is 3.17. The fourth-order valence-electron chi connectivity index (χ4n) is 4.84. The fourth-order valence-corrected chi connectivity index (χ4v) is 4.84. The summed E-state index contributed by atoms with van der Waals surface area (Å²) in [6.07, 6.45) is 7.18. The number of allylic oxidation sites excluding steroid dienone is 1. The minimum absolute atomic E-state index is 0.0430. The zero-order valence-electron chi connectivity index (χ0n) is 20.7. The van der Waals surface area contributed by atoms with Crippen LogP contribution in [0.5, 0.6) is 0 Å². The van der Waals surface area contributed by atoms with Gasteiger partial charge in [0.15, 0.2) is 0 Å². The molecule has 180 valence electrons. The Morgan fingerprint density at radius 2 is 1.74 bits per heavy atom. The molecule has 1 N–H and O–H groups in total. The monoisotopic (exact) mass is 460 g/mol. The first-order valence-electron chi connectivity index (χ1n) is 12.4. The highest BCUT2D eigenvalue weighted by molar-refractivity contribution is 5.75. The molecule has 0 amide bonds. The minimum Gasteiger partial charge on any atom is -0.375 e. The van der Waals surface area contributed by atoms with Gasteiger partial charge < -0.3 is 10.2 Å². The number of anilines is 1. The SMILES string of the molecule is CC=CN1CCN(C(CC)c2ccc(C(C)Nc3ncc4ccc(=O)n(CC)c4n3)cc2)CC1. The van der Waals surface area contributed by atoms with Crippen molar-refractivity contribution in [2.75, 3.05) is 31.5 Å². The van der Waals surface area contributed by atoms with Gasteiger partial charge >= 0.3 is 0 Å². The van der Waals surface area contributed by atoms with E-state index in [0.29, 0.717) is 24.2 Å². The van der Waals surface area contributed by atoms with E-state index in [2.05, 4.69) is 82.4 Å². The number of hydrogen-bond acceptors (Lipinski definition) is 6. The summed E-state index contributed by atoms with van der Waals surface area (Å²) in [5.74, 6) is 0.530. The van der Waals surface area contributed by atoms with Crippen molar-refractivity contribution in [1.29, 1.82) is 0 Å². The second kappa shape index (κ2) is 10.8. The molecule has 1 aromatic carbocycles. The highest BCUT2D eigenvalue weighted by atomic mass is 16.1. The maximum atomic E-state index is 12.2. The second-order valence-electron chi connectivity index (χ2n) is 8.90. The van der Waals surface area contributed by atoms with Gasteiger partial charge in [-0.2, -0.15) is 4.98 Å². The highest BCUT2D eigenvalue weighted by Gasteiger charge is 2.23. The number of nitrogens with zero attached hydrogens (tertiary/aromatic N) is 5. The van der Waals surface area contributed by atoms with Gasteiger partial charge in [-0.15, -0.1) is 0 Å². The summed E-state index contributed by atoms with van der Waals surface area (Å²) in [4.78, 5) is 26.3. The number of pyridine rings is 1. The quantitative estimate of drug-likeness (QED) is 0.531. The molecule has 0 bridgehead atoms. The number of nitrogens with one attached hydrogen (secondary N) is 1. The van der Waals surface area contributed by atoms with Crippen LogP contribution < -0.4 is 10.9 Å². The summed E-state index contributed by atoms with van der Waals surface area (Å²) >= 11 is 0. The Morgan fingerprint density at radius 3 is 2.38 bits per heavy atom. The van der Waals surface area contributed by atoms with Gasteiger partial charge in [0.1, 0.15) is 5.65 Å². The molecule has 0 aliphatic carbocycles. The molecule has 1 fully saturated rings. The van der Waals surface area contributed by atoms with Crippen LogP contribution in [0.1, 0.15) is 57.3 Å². The van der Waals surface area contributed by atoms with Gasteiger partial charge in [0, 0.05) is 56.4 Å². The van der Waals surface area contributed by atoms with Crippen LogP contribution in [-0.2, 0) is 6.54 Å². The van der Waals surface area contributed by atoms with Crippen molar-refractivity contribution < 1.29 is 0 Å². The summed E-state index contributed by atoms with van der Waals surface area (Å²) < 4.78 is 1.67. The average Bonchev–Trinajstić information content (AvgIpc) is 2.86. The van der Waals surface area contributed by atoms with Crippen molar-refractivity contribution in [3.8, 4) is 0 Å². The molecule has 34 heavy (non-hydrogen) atoms. The van der Waals surface area contributed by atoms with Crippen LogP contribution in [0.15, 0.2) is 59.7 Å². The lowest BCUT2D eigenvalue weighted by molar-refractivity contribution is 0.119.